The lowest BCUT2D eigenvalue weighted by Gasteiger charge is -2.11. The molecule has 0 aliphatic carbocycles. The summed E-state index contributed by atoms with van der Waals surface area (Å²) in [7, 11) is 4.16. The molecule has 1 aromatic rings. The zero-order valence-corrected chi connectivity index (χ0v) is 9.61. The van der Waals surface area contributed by atoms with Gasteiger partial charge >= 0.3 is 0 Å². The molecule has 4 heteroatoms. The van der Waals surface area contributed by atoms with E-state index in [1.54, 1.807) is 6.20 Å². The molecule has 0 spiro atoms. The summed E-state index contributed by atoms with van der Waals surface area (Å²) in [6, 6.07) is 0. The third-order valence-electron chi connectivity index (χ3n) is 2.11. The number of nitrogens with one attached hydrogen (secondary N) is 1. The lowest BCUT2D eigenvalue weighted by Crippen LogP contribution is -2.17. The van der Waals surface area contributed by atoms with Gasteiger partial charge in [-0.25, -0.2) is 4.98 Å². The summed E-state index contributed by atoms with van der Waals surface area (Å²) in [6.07, 6.45) is 6.74. The second-order valence-corrected chi connectivity index (χ2v) is 3.78. The molecule has 1 N–H and O–H groups in total. The van der Waals surface area contributed by atoms with Gasteiger partial charge in [-0.3, -0.25) is 0 Å². The molecular formula is C11H20N4. The highest BCUT2D eigenvalue weighted by atomic mass is 15.2. The Balaban J connectivity index is 2.30. The second-order valence-electron chi connectivity index (χ2n) is 3.78. The van der Waals surface area contributed by atoms with Crippen LogP contribution in [0.25, 0.3) is 0 Å². The van der Waals surface area contributed by atoms with Gasteiger partial charge in [0.1, 0.15) is 0 Å². The van der Waals surface area contributed by atoms with E-state index in [1.807, 2.05) is 16.8 Å². The number of allylic oxidation sites excluding steroid dienone is 1. The van der Waals surface area contributed by atoms with E-state index in [4.69, 9.17) is 0 Å². The summed E-state index contributed by atoms with van der Waals surface area (Å²) < 4.78 is 2.04. The van der Waals surface area contributed by atoms with Crippen molar-refractivity contribution in [3.8, 4) is 0 Å². The van der Waals surface area contributed by atoms with Crippen molar-refractivity contribution in [3.63, 3.8) is 0 Å². The summed E-state index contributed by atoms with van der Waals surface area (Å²) >= 11 is 0. The molecule has 1 aromatic heterocycles. The summed E-state index contributed by atoms with van der Waals surface area (Å²) in [5.74, 6) is 0.925. The first-order valence-corrected chi connectivity index (χ1v) is 5.24. The Kier molecular flexibility index (Phi) is 4.90. The quantitative estimate of drug-likeness (QED) is 0.543. The maximum absolute atomic E-state index is 4.24. The van der Waals surface area contributed by atoms with E-state index in [0.29, 0.717) is 0 Å². The minimum absolute atomic E-state index is 0.802. The monoisotopic (exact) mass is 208 g/mol. The van der Waals surface area contributed by atoms with Gasteiger partial charge in [-0.05, 0) is 27.1 Å². The third-order valence-corrected chi connectivity index (χ3v) is 2.11. The van der Waals surface area contributed by atoms with Gasteiger partial charge in [0.2, 0.25) is 5.95 Å². The van der Waals surface area contributed by atoms with Crippen LogP contribution in [0.4, 0.5) is 5.95 Å². The van der Waals surface area contributed by atoms with Crippen LogP contribution in [-0.2, 0) is 6.54 Å². The average Bonchev–Trinajstić information content (AvgIpc) is 2.61. The van der Waals surface area contributed by atoms with Crippen LogP contribution in [0.5, 0.6) is 0 Å². The Morgan fingerprint density at radius 2 is 2.40 bits per heavy atom. The van der Waals surface area contributed by atoms with Crippen LogP contribution in [0, 0.1) is 0 Å². The van der Waals surface area contributed by atoms with E-state index in [1.165, 1.54) is 0 Å². The van der Waals surface area contributed by atoms with Gasteiger partial charge in [0.15, 0.2) is 0 Å². The molecule has 0 aliphatic heterocycles. The standard InChI is InChI=1S/C11H20N4/c1-4-8-15-10-7-13-11(15)12-6-5-9-14(2)3/h4,7,10H,1,5-6,8-9H2,2-3H3,(H,12,13). The minimum atomic E-state index is 0.802. The van der Waals surface area contributed by atoms with Crippen LogP contribution in [0.2, 0.25) is 0 Å². The first-order valence-electron chi connectivity index (χ1n) is 5.24. The van der Waals surface area contributed by atoms with E-state index in [0.717, 1.165) is 32.0 Å². The molecule has 0 radical (unpaired) electrons. The van der Waals surface area contributed by atoms with E-state index in [-0.39, 0.29) is 0 Å². The maximum atomic E-state index is 4.24. The lowest BCUT2D eigenvalue weighted by atomic mass is 10.4. The molecule has 84 valence electrons. The zero-order chi connectivity index (χ0) is 11.1. The molecule has 0 unspecified atom stereocenters. The average molecular weight is 208 g/mol. The summed E-state index contributed by atoms with van der Waals surface area (Å²) in [6.45, 7) is 6.56. The molecule has 0 bridgehead atoms. The van der Waals surface area contributed by atoms with Crippen LogP contribution in [0.15, 0.2) is 25.0 Å². The van der Waals surface area contributed by atoms with Crippen LogP contribution in [-0.4, -0.2) is 41.6 Å². The van der Waals surface area contributed by atoms with E-state index in [2.05, 4.69) is 35.9 Å². The van der Waals surface area contributed by atoms with Gasteiger partial charge in [0.05, 0.1) is 0 Å². The first-order chi connectivity index (χ1) is 7.24. The molecule has 0 amide bonds. The van der Waals surface area contributed by atoms with Crippen LogP contribution < -0.4 is 5.32 Å². The van der Waals surface area contributed by atoms with Crippen molar-refractivity contribution in [2.24, 2.45) is 0 Å². The Hall–Kier alpha value is -1.29. The Labute approximate surface area is 91.6 Å². The fraction of sp³-hybridized carbons (Fsp3) is 0.545. The van der Waals surface area contributed by atoms with Crippen molar-refractivity contribution >= 4 is 5.95 Å². The number of anilines is 1. The van der Waals surface area contributed by atoms with Gasteiger partial charge in [0.25, 0.3) is 0 Å². The van der Waals surface area contributed by atoms with Gasteiger partial charge in [-0.1, -0.05) is 6.08 Å². The molecule has 15 heavy (non-hydrogen) atoms. The summed E-state index contributed by atoms with van der Waals surface area (Å²) in [5, 5.41) is 3.31. The molecule has 0 fully saturated rings. The molecule has 0 aliphatic rings. The Morgan fingerprint density at radius 3 is 3.07 bits per heavy atom. The van der Waals surface area contributed by atoms with Gasteiger partial charge in [-0.2, -0.15) is 0 Å². The van der Waals surface area contributed by atoms with E-state index < -0.39 is 0 Å². The second kappa shape index (κ2) is 6.24. The smallest absolute Gasteiger partial charge is 0.203 e. The zero-order valence-electron chi connectivity index (χ0n) is 9.61. The van der Waals surface area contributed by atoms with Crippen LogP contribution in [0.1, 0.15) is 6.42 Å². The van der Waals surface area contributed by atoms with E-state index >= 15 is 0 Å². The van der Waals surface area contributed by atoms with Crippen molar-refractivity contribution in [2.45, 2.75) is 13.0 Å². The molecule has 0 saturated heterocycles. The highest BCUT2D eigenvalue weighted by molar-refractivity contribution is 5.25. The lowest BCUT2D eigenvalue weighted by molar-refractivity contribution is 0.405. The Bertz CT molecular complexity index is 291. The number of imidazole rings is 1. The predicted octanol–water partition coefficient (Wildman–Crippen LogP) is 1.43. The largest absolute Gasteiger partial charge is 0.356 e. The Morgan fingerprint density at radius 1 is 1.60 bits per heavy atom. The molecular weight excluding hydrogens is 188 g/mol. The van der Waals surface area contributed by atoms with Gasteiger partial charge in [0, 0.05) is 25.5 Å². The third kappa shape index (κ3) is 4.16. The van der Waals surface area contributed by atoms with Crippen molar-refractivity contribution in [1.29, 1.82) is 0 Å². The van der Waals surface area contributed by atoms with Crippen LogP contribution >= 0.6 is 0 Å². The topological polar surface area (TPSA) is 33.1 Å². The molecule has 0 atom stereocenters. The summed E-state index contributed by atoms with van der Waals surface area (Å²) in [5.41, 5.74) is 0. The molecule has 0 saturated carbocycles. The van der Waals surface area contributed by atoms with Crippen molar-refractivity contribution in [2.75, 3.05) is 32.5 Å². The molecule has 1 rings (SSSR count). The minimum Gasteiger partial charge on any atom is -0.356 e. The summed E-state index contributed by atoms with van der Waals surface area (Å²) in [4.78, 5) is 6.42. The van der Waals surface area contributed by atoms with Crippen LogP contribution in [0.3, 0.4) is 0 Å². The number of aromatic nitrogens is 2. The normalized spacial score (nSPS) is 10.6. The van der Waals surface area contributed by atoms with Gasteiger partial charge < -0.3 is 14.8 Å². The van der Waals surface area contributed by atoms with E-state index in [9.17, 15) is 0 Å². The number of hydrogen-bond acceptors (Lipinski definition) is 3. The highest BCUT2D eigenvalue weighted by Crippen LogP contribution is 2.03. The molecule has 0 aromatic carbocycles. The van der Waals surface area contributed by atoms with Crippen molar-refractivity contribution in [1.82, 2.24) is 14.5 Å². The van der Waals surface area contributed by atoms with Gasteiger partial charge in [-0.15, -0.1) is 6.58 Å². The first kappa shape index (κ1) is 11.8. The number of hydrogen-bond donors (Lipinski definition) is 1. The highest BCUT2D eigenvalue weighted by Gasteiger charge is 1.99. The van der Waals surface area contributed by atoms with Crippen molar-refractivity contribution in [3.05, 3.63) is 25.0 Å². The van der Waals surface area contributed by atoms with Crippen molar-refractivity contribution < 1.29 is 0 Å². The number of nitrogens with zero attached hydrogens (tertiary/aromatic N) is 3. The maximum Gasteiger partial charge on any atom is 0.203 e. The molecule has 1 heterocycles. The SMILES string of the molecule is C=CCn1ccnc1NCCCN(C)C. The molecule has 4 nitrogen and oxygen atoms in total. The predicted molar refractivity (Wildman–Crippen MR) is 64.1 cm³/mol. The fourth-order valence-electron chi connectivity index (χ4n) is 1.36. The fourth-order valence-corrected chi connectivity index (χ4v) is 1.36. The number of rotatable bonds is 7.